The minimum atomic E-state index is 0.754. The highest BCUT2D eigenvalue weighted by atomic mass is 16.5. The molecule has 0 bridgehead atoms. The third kappa shape index (κ3) is 3.08. The number of aromatic amines is 1. The van der Waals surface area contributed by atoms with Crippen LogP contribution in [0, 0.1) is 0 Å². The summed E-state index contributed by atoms with van der Waals surface area (Å²) in [6.45, 7) is 3.52. The zero-order chi connectivity index (χ0) is 7.94. The van der Waals surface area contributed by atoms with Crippen molar-refractivity contribution in [2.24, 2.45) is 0 Å². The summed E-state index contributed by atoms with van der Waals surface area (Å²) in [6.07, 6.45) is 1.78. The highest BCUT2D eigenvalue weighted by molar-refractivity contribution is 4.74. The smallest absolute Gasteiger partial charge is 0.174 e. The van der Waals surface area contributed by atoms with E-state index in [1.807, 2.05) is 6.92 Å². The van der Waals surface area contributed by atoms with Crippen LogP contribution in [-0.4, -0.2) is 33.8 Å². The molecule has 1 aromatic rings. The predicted molar refractivity (Wildman–Crippen MR) is 39.0 cm³/mol. The number of aryl methyl sites for hydroxylation is 1. The highest BCUT2D eigenvalue weighted by Gasteiger charge is 1.96. The first-order valence-electron chi connectivity index (χ1n) is 3.73. The quantitative estimate of drug-likeness (QED) is 0.617. The van der Waals surface area contributed by atoms with Crippen LogP contribution in [0.25, 0.3) is 0 Å². The van der Waals surface area contributed by atoms with Crippen LogP contribution >= 0.6 is 0 Å². The van der Waals surface area contributed by atoms with Crippen LogP contribution < -0.4 is 0 Å². The van der Waals surface area contributed by atoms with Gasteiger partial charge in [-0.3, -0.25) is 0 Å². The van der Waals surface area contributed by atoms with E-state index in [0.717, 1.165) is 31.9 Å². The van der Waals surface area contributed by atoms with E-state index >= 15 is 0 Å². The van der Waals surface area contributed by atoms with Crippen molar-refractivity contribution in [3.63, 3.8) is 0 Å². The van der Waals surface area contributed by atoms with Crippen LogP contribution in [-0.2, 0) is 11.2 Å². The first-order chi connectivity index (χ1) is 5.43. The number of aromatic nitrogens is 4. The van der Waals surface area contributed by atoms with Crippen molar-refractivity contribution < 1.29 is 4.74 Å². The van der Waals surface area contributed by atoms with Crippen LogP contribution in [0.15, 0.2) is 0 Å². The standard InChI is InChI=1S/C6H12N4O/c1-2-11-5-3-4-6-7-9-10-8-6/h2-5H2,1H3,(H,7,8,9,10). The van der Waals surface area contributed by atoms with E-state index < -0.39 is 0 Å². The van der Waals surface area contributed by atoms with Crippen LogP contribution in [0.2, 0.25) is 0 Å². The maximum atomic E-state index is 5.15. The molecule has 0 atom stereocenters. The molecule has 0 unspecified atom stereocenters. The molecule has 0 aliphatic carbocycles. The number of hydrogen-bond acceptors (Lipinski definition) is 4. The molecule has 0 radical (unpaired) electrons. The van der Waals surface area contributed by atoms with Crippen molar-refractivity contribution in [2.45, 2.75) is 19.8 Å². The van der Waals surface area contributed by atoms with Crippen LogP contribution in [0.3, 0.4) is 0 Å². The van der Waals surface area contributed by atoms with Gasteiger partial charge in [-0.25, -0.2) is 0 Å². The second kappa shape index (κ2) is 4.79. The Bertz CT molecular complexity index is 175. The molecule has 1 N–H and O–H groups in total. The van der Waals surface area contributed by atoms with E-state index in [2.05, 4.69) is 20.6 Å². The summed E-state index contributed by atoms with van der Waals surface area (Å²) in [5.74, 6) is 0.754. The molecule has 0 spiro atoms. The maximum Gasteiger partial charge on any atom is 0.174 e. The molecule has 0 saturated heterocycles. The minimum absolute atomic E-state index is 0.754. The van der Waals surface area contributed by atoms with Gasteiger partial charge < -0.3 is 4.74 Å². The molecule has 0 aliphatic heterocycles. The average Bonchev–Trinajstić information content (AvgIpc) is 2.50. The fourth-order valence-corrected chi connectivity index (χ4v) is 0.765. The summed E-state index contributed by atoms with van der Waals surface area (Å²) in [5.41, 5.74) is 0. The van der Waals surface area contributed by atoms with Crippen LogP contribution in [0.5, 0.6) is 0 Å². The van der Waals surface area contributed by atoms with Crippen molar-refractivity contribution in [2.75, 3.05) is 13.2 Å². The van der Waals surface area contributed by atoms with Crippen molar-refractivity contribution in [1.82, 2.24) is 20.6 Å². The summed E-state index contributed by atoms with van der Waals surface area (Å²) in [4.78, 5) is 0. The van der Waals surface area contributed by atoms with Crippen molar-refractivity contribution in [1.29, 1.82) is 0 Å². The van der Waals surface area contributed by atoms with Gasteiger partial charge in [0.2, 0.25) is 0 Å². The van der Waals surface area contributed by atoms with Gasteiger partial charge in [0.25, 0.3) is 0 Å². The van der Waals surface area contributed by atoms with E-state index in [1.165, 1.54) is 0 Å². The fraction of sp³-hybridized carbons (Fsp3) is 0.833. The molecule has 0 saturated carbocycles. The summed E-state index contributed by atoms with van der Waals surface area (Å²) in [5, 5.41) is 13.5. The zero-order valence-electron chi connectivity index (χ0n) is 6.58. The molecular weight excluding hydrogens is 144 g/mol. The second-order valence-electron chi connectivity index (χ2n) is 2.13. The minimum Gasteiger partial charge on any atom is -0.382 e. The summed E-state index contributed by atoms with van der Waals surface area (Å²) in [7, 11) is 0. The van der Waals surface area contributed by atoms with E-state index in [-0.39, 0.29) is 0 Å². The summed E-state index contributed by atoms with van der Waals surface area (Å²) in [6, 6.07) is 0. The lowest BCUT2D eigenvalue weighted by Crippen LogP contribution is -1.97. The maximum absolute atomic E-state index is 5.15. The lowest BCUT2D eigenvalue weighted by atomic mass is 10.3. The fourth-order valence-electron chi connectivity index (χ4n) is 0.765. The number of nitrogens with one attached hydrogen (secondary N) is 1. The number of tetrazole rings is 1. The van der Waals surface area contributed by atoms with Crippen LogP contribution in [0.4, 0.5) is 0 Å². The molecule has 0 amide bonds. The number of nitrogens with zero attached hydrogens (tertiary/aromatic N) is 3. The molecule has 5 nitrogen and oxygen atoms in total. The van der Waals surface area contributed by atoms with Gasteiger partial charge in [0.05, 0.1) is 0 Å². The molecule has 62 valence electrons. The van der Waals surface area contributed by atoms with Gasteiger partial charge in [0, 0.05) is 19.6 Å². The van der Waals surface area contributed by atoms with Crippen molar-refractivity contribution >= 4 is 0 Å². The van der Waals surface area contributed by atoms with Crippen molar-refractivity contribution in [3.8, 4) is 0 Å². The normalized spacial score (nSPS) is 10.3. The summed E-state index contributed by atoms with van der Waals surface area (Å²) >= 11 is 0. The van der Waals surface area contributed by atoms with Crippen molar-refractivity contribution in [3.05, 3.63) is 5.82 Å². The Hall–Kier alpha value is -0.970. The Labute approximate surface area is 65.1 Å². The molecule has 0 aliphatic rings. The Morgan fingerprint density at radius 1 is 1.55 bits per heavy atom. The second-order valence-corrected chi connectivity index (χ2v) is 2.13. The van der Waals surface area contributed by atoms with Gasteiger partial charge in [-0.2, -0.15) is 5.21 Å². The number of ether oxygens (including phenoxy) is 1. The van der Waals surface area contributed by atoms with E-state index in [9.17, 15) is 0 Å². The van der Waals surface area contributed by atoms with E-state index in [0.29, 0.717) is 0 Å². The molecule has 1 heterocycles. The Morgan fingerprint density at radius 3 is 3.09 bits per heavy atom. The SMILES string of the molecule is CCOCCCc1nn[nH]n1. The lowest BCUT2D eigenvalue weighted by molar-refractivity contribution is 0.145. The Kier molecular flexibility index (Phi) is 3.54. The van der Waals surface area contributed by atoms with Gasteiger partial charge in [-0.05, 0) is 13.3 Å². The molecule has 1 aromatic heterocycles. The largest absolute Gasteiger partial charge is 0.382 e. The average molecular weight is 156 g/mol. The highest BCUT2D eigenvalue weighted by Crippen LogP contribution is 1.91. The van der Waals surface area contributed by atoms with Gasteiger partial charge >= 0.3 is 0 Å². The lowest BCUT2D eigenvalue weighted by Gasteiger charge is -1.96. The summed E-state index contributed by atoms with van der Waals surface area (Å²) < 4.78 is 5.15. The first-order valence-corrected chi connectivity index (χ1v) is 3.73. The molecule has 0 fully saturated rings. The third-order valence-electron chi connectivity index (χ3n) is 1.28. The zero-order valence-corrected chi connectivity index (χ0v) is 6.58. The third-order valence-corrected chi connectivity index (χ3v) is 1.28. The van der Waals surface area contributed by atoms with Gasteiger partial charge in [0.1, 0.15) is 0 Å². The molecule has 0 aromatic carbocycles. The van der Waals surface area contributed by atoms with Gasteiger partial charge in [-0.1, -0.05) is 5.21 Å². The predicted octanol–water partition coefficient (Wildman–Crippen LogP) is 0.169. The van der Waals surface area contributed by atoms with Crippen LogP contribution in [0.1, 0.15) is 19.2 Å². The number of rotatable bonds is 5. The number of hydrogen-bond donors (Lipinski definition) is 1. The first kappa shape index (κ1) is 8.13. The van der Waals surface area contributed by atoms with Gasteiger partial charge in [0.15, 0.2) is 5.82 Å². The van der Waals surface area contributed by atoms with E-state index in [1.54, 1.807) is 0 Å². The van der Waals surface area contributed by atoms with Gasteiger partial charge in [-0.15, -0.1) is 10.2 Å². The molecule has 5 heteroatoms. The Morgan fingerprint density at radius 2 is 2.45 bits per heavy atom. The topological polar surface area (TPSA) is 63.7 Å². The Balaban J connectivity index is 2.04. The van der Waals surface area contributed by atoms with E-state index in [4.69, 9.17) is 4.74 Å². The molecular formula is C6H12N4O. The molecule has 1 rings (SSSR count). The number of H-pyrrole nitrogens is 1. The monoisotopic (exact) mass is 156 g/mol. The molecule has 11 heavy (non-hydrogen) atoms.